The number of guanidine groups is 1. The Balaban J connectivity index is 1.14. The first-order chi connectivity index (χ1) is 20.8. The molecule has 1 fully saturated rings. The van der Waals surface area contributed by atoms with Gasteiger partial charge in [0.2, 0.25) is 5.96 Å². The van der Waals surface area contributed by atoms with E-state index in [1.54, 1.807) is 34.1 Å². The van der Waals surface area contributed by atoms with Gasteiger partial charge in [0.15, 0.2) is 12.1 Å². The maximum atomic E-state index is 14.3. The van der Waals surface area contributed by atoms with Gasteiger partial charge in [0.25, 0.3) is 11.8 Å². The quantitative estimate of drug-likeness (QED) is 0.414. The zero-order valence-corrected chi connectivity index (χ0v) is 24.4. The Hall–Kier alpha value is -4.31. The van der Waals surface area contributed by atoms with Crippen LogP contribution in [0.3, 0.4) is 0 Å². The molecule has 0 saturated carbocycles. The molecule has 0 bridgehead atoms. The molecule has 3 aliphatic heterocycles. The lowest BCUT2D eigenvalue weighted by Gasteiger charge is -2.40. The predicted molar refractivity (Wildman–Crippen MR) is 160 cm³/mol. The Morgan fingerprint density at radius 3 is 2.09 bits per heavy atom. The Labute approximate surface area is 250 Å². The molecule has 0 unspecified atom stereocenters. The fourth-order valence-electron chi connectivity index (χ4n) is 6.39. The van der Waals surface area contributed by atoms with E-state index in [4.69, 9.17) is 9.73 Å². The number of rotatable bonds is 7. The van der Waals surface area contributed by atoms with E-state index in [9.17, 15) is 18.4 Å². The molecule has 3 heterocycles. The Morgan fingerprint density at radius 2 is 1.49 bits per heavy atom. The first-order valence-corrected chi connectivity index (χ1v) is 14.7. The molecule has 1 saturated heterocycles. The average Bonchev–Trinajstić information content (AvgIpc) is 3.31. The molecular weight excluding hydrogens is 552 g/mol. The molecule has 0 N–H and O–H groups in total. The number of piperidine rings is 1. The van der Waals surface area contributed by atoms with Crippen LogP contribution in [0.5, 0.6) is 5.75 Å². The largest absolute Gasteiger partial charge is 0.482 e. The van der Waals surface area contributed by atoms with Crippen molar-refractivity contribution in [3.63, 3.8) is 0 Å². The Kier molecular flexibility index (Phi) is 7.87. The standard InChI is InChI=1S/C33H35F2N5O3/c1-37(2)32-36-33(23-8-12-25(34)13-9-23,24-10-14-26(35)15-11-24)31(42)39(32)19-5-18-38-20-16-27(17-21-38)40-28-6-3-4-7-29(28)43-22-30(40)41/h3-4,6-15,27H,5,16-22H2,1-2H3. The number of fused-ring (bicyclic) bond motifs is 1. The fourth-order valence-corrected chi connectivity index (χ4v) is 6.39. The zero-order valence-electron chi connectivity index (χ0n) is 24.4. The molecule has 6 rings (SSSR count). The molecule has 3 aromatic rings. The van der Waals surface area contributed by atoms with Gasteiger partial charge in [0, 0.05) is 39.8 Å². The number of ether oxygens (including phenoxy) is 1. The van der Waals surface area contributed by atoms with E-state index < -0.39 is 17.2 Å². The van der Waals surface area contributed by atoms with Crippen molar-refractivity contribution in [2.45, 2.75) is 30.8 Å². The lowest BCUT2D eigenvalue weighted by molar-refractivity contribution is -0.130. The molecule has 0 radical (unpaired) electrons. The summed E-state index contributed by atoms with van der Waals surface area (Å²) in [6.45, 7) is 2.97. The van der Waals surface area contributed by atoms with Crippen molar-refractivity contribution >= 4 is 23.5 Å². The van der Waals surface area contributed by atoms with E-state index in [0.717, 1.165) is 43.9 Å². The Morgan fingerprint density at radius 1 is 0.884 bits per heavy atom. The van der Waals surface area contributed by atoms with E-state index in [-0.39, 0.29) is 24.5 Å². The number of benzene rings is 3. The van der Waals surface area contributed by atoms with Gasteiger partial charge in [-0.25, -0.2) is 13.8 Å². The monoisotopic (exact) mass is 587 g/mol. The van der Waals surface area contributed by atoms with E-state index in [0.29, 0.717) is 30.1 Å². The number of nitrogens with zero attached hydrogens (tertiary/aromatic N) is 5. The highest BCUT2D eigenvalue weighted by atomic mass is 19.1. The number of anilines is 1. The molecule has 3 aromatic carbocycles. The van der Waals surface area contributed by atoms with E-state index in [1.165, 1.54) is 24.3 Å². The topological polar surface area (TPSA) is 68.7 Å². The summed E-state index contributed by atoms with van der Waals surface area (Å²) in [6, 6.07) is 19.3. The minimum Gasteiger partial charge on any atom is -0.482 e. The second-order valence-electron chi connectivity index (χ2n) is 11.4. The summed E-state index contributed by atoms with van der Waals surface area (Å²) < 4.78 is 33.4. The second kappa shape index (κ2) is 11.8. The van der Waals surface area contributed by atoms with Gasteiger partial charge in [-0.3, -0.25) is 14.5 Å². The molecule has 8 nitrogen and oxygen atoms in total. The van der Waals surface area contributed by atoms with Crippen LogP contribution in [0.25, 0.3) is 0 Å². The summed E-state index contributed by atoms with van der Waals surface area (Å²) in [6.07, 6.45) is 2.42. The van der Waals surface area contributed by atoms with Crippen LogP contribution in [0.1, 0.15) is 30.4 Å². The predicted octanol–water partition coefficient (Wildman–Crippen LogP) is 4.25. The van der Waals surface area contributed by atoms with Crippen molar-refractivity contribution in [1.29, 1.82) is 0 Å². The molecular formula is C33H35F2N5O3. The van der Waals surface area contributed by atoms with Crippen molar-refractivity contribution in [3.8, 4) is 5.75 Å². The van der Waals surface area contributed by atoms with Crippen LogP contribution in [0, 0.1) is 11.6 Å². The molecule has 43 heavy (non-hydrogen) atoms. The van der Waals surface area contributed by atoms with Gasteiger partial charge in [-0.05, 0) is 73.3 Å². The van der Waals surface area contributed by atoms with Gasteiger partial charge in [-0.15, -0.1) is 0 Å². The van der Waals surface area contributed by atoms with Gasteiger partial charge in [0.1, 0.15) is 17.4 Å². The van der Waals surface area contributed by atoms with Crippen molar-refractivity contribution in [2.24, 2.45) is 4.99 Å². The summed E-state index contributed by atoms with van der Waals surface area (Å²) in [4.78, 5) is 39.7. The highest BCUT2D eigenvalue weighted by Gasteiger charge is 2.51. The number of halogens is 2. The highest BCUT2D eigenvalue weighted by molar-refractivity contribution is 6.09. The summed E-state index contributed by atoms with van der Waals surface area (Å²) in [5.74, 6) is 0.159. The van der Waals surface area contributed by atoms with Crippen LogP contribution in [0.2, 0.25) is 0 Å². The maximum Gasteiger partial charge on any atom is 0.266 e. The van der Waals surface area contributed by atoms with Crippen LogP contribution in [-0.2, 0) is 15.1 Å². The van der Waals surface area contributed by atoms with Crippen molar-refractivity contribution in [2.75, 3.05) is 51.8 Å². The summed E-state index contributed by atoms with van der Waals surface area (Å²) in [5, 5.41) is 0. The smallest absolute Gasteiger partial charge is 0.266 e. The number of hydrogen-bond donors (Lipinski definition) is 0. The van der Waals surface area contributed by atoms with Gasteiger partial charge in [-0.1, -0.05) is 36.4 Å². The molecule has 3 aliphatic rings. The number of likely N-dealkylation sites (tertiary alicyclic amines) is 1. The van der Waals surface area contributed by atoms with Crippen LogP contribution in [0.15, 0.2) is 77.8 Å². The molecule has 10 heteroatoms. The number of hydrogen-bond acceptors (Lipinski definition) is 6. The molecule has 224 valence electrons. The molecule has 0 atom stereocenters. The van der Waals surface area contributed by atoms with Crippen molar-refractivity contribution in [3.05, 3.63) is 95.6 Å². The third-order valence-corrected chi connectivity index (χ3v) is 8.51. The average molecular weight is 588 g/mol. The fraction of sp³-hybridized carbons (Fsp3) is 0.364. The van der Waals surface area contributed by atoms with E-state index in [1.807, 2.05) is 43.3 Å². The first kappa shape index (κ1) is 28.8. The van der Waals surface area contributed by atoms with Gasteiger partial charge < -0.3 is 19.4 Å². The molecule has 0 aromatic heterocycles. The molecule has 2 amide bonds. The number of carbonyl (C=O) groups is 2. The van der Waals surface area contributed by atoms with Crippen LogP contribution < -0.4 is 9.64 Å². The minimum absolute atomic E-state index is 0.00834. The summed E-state index contributed by atoms with van der Waals surface area (Å²) >= 11 is 0. The normalized spacial score (nSPS) is 18.8. The lowest BCUT2D eigenvalue weighted by atomic mass is 9.82. The van der Waals surface area contributed by atoms with Crippen LogP contribution >= 0.6 is 0 Å². The third-order valence-electron chi connectivity index (χ3n) is 8.51. The number of amides is 2. The third kappa shape index (κ3) is 5.35. The van der Waals surface area contributed by atoms with E-state index in [2.05, 4.69) is 4.90 Å². The minimum atomic E-state index is -1.44. The Bertz CT molecular complexity index is 1470. The summed E-state index contributed by atoms with van der Waals surface area (Å²) in [7, 11) is 3.67. The van der Waals surface area contributed by atoms with E-state index >= 15 is 0 Å². The number of aliphatic imine (C=N–C) groups is 1. The molecule has 0 spiro atoms. The summed E-state index contributed by atoms with van der Waals surface area (Å²) in [5.41, 5.74) is 0.439. The van der Waals surface area contributed by atoms with Gasteiger partial charge >= 0.3 is 0 Å². The number of para-hydroxylation sites is 2. The first-order valence-electron chi connectivity index (χ1n) is 14.7. The highest BCUT2D eigenvalue weighted by Crippen LogP contribution is 2.41. The van der Waals surface area contributed by atoms with Gasteiger partial charge in [-0.2, -0.15) is 0 Å². The van der Waals surface area contributed by atoms with Crippen molar-refractivity contribution < 1.29 is 23.1 Å². The molecule has 0 aliphatic carbocycles. The SMILES string of the molecule is CN(C)C1=NC(c2ccc(F)cc2)(c2ccc(F)cc2)C(=O)N1CCCN1CCC(N2C(=O)COc3ccccc32)CC1. The number of carbonyl (C=O) groups excluding carboxylic acids is 2. The van der Waals surface area contributed by atoms with Crippen LogP contribution in [-0.4, -0.2) is 85.4 Å². The van der Waals surface area contributed by atoms with Crippen LogP contribution in [0.4, 0.5) is 14.5 Å². The van der Waals surface area contributed by atoms with Crippen molar-refractivity contribution in [1.82, 2.24) is 14.7 Å². The second-order valence-corrected chi connectivity index (χ2v) is 11.4. The van der Waals surface area contributed by atoms with Gasteiger partial charge in [0.05, 0.1) is 5.69 Å². The lowest BCUT2D eigenvalue weighted by Crippen LogP contribution is -2.51. The zero-order chi connectivity index (χ0) is 30.1. The maximum absolute atomic E-state index is 14.3.